The van der Waals surface area contributed by atoms with Crippen LogP contribution in [-0.2, 0) is 4.74 Å². The first-order valence-corrected chi connectivity index (χ1v) is 7.60. The lowest BCUT2D eigenvalue weighted by Gasteiger charge is -2.04. The molecule has 0 saturated heterocycles. The number of nitrogens with zero attached hydrogens (tertiary/aromatic N) is 1. The molecular weight excluding hydrogens is 306 g/mol. The van der Waals surface area contributed by atoms with Gasteiger partial charge in [0.25, 0.3) is 5.56 Å². The fourth-order valence-corrected chi connectivity index (χ4v) is 2.39. The van der Waals surface area contributed by atoms with Crippen LogP contribution in [0.1, 0.15) is 6.92 Å². The van der Waals surface area contributed by atoms with Gasteiger partial charge in [-0.05, 0) is 19.1 Å². The second kappa shape index (κ2) is 6.87. The van der Waals surface area contributed by atoms with Gasteiger partial charge in [-0.15, -0.1) is 0 Å². The van der Waals surface area contributed by atoms with E-state index in [2.05, 4.69) is 10.4 Å². The van der Waals surface area contributed by atoms with Crippen LogP contribution in [0.4, 0.5) is 10.5 Å². The molecule has 122 valence electrons. The van der Waals surface area contributed by atoms with Crippen LogP contribution in [0.15, 0.2) is 65.5 Å². The second-order valence-corrected chi connectivity index (χ2v) is 5.05. The van der Waals surface area contributed by atoms with Gasteiger partial charge >= 0.3 is 6.09 Å². The number of para-hydroxylation sites is 1. The molecule has 3 aromatic rings. The maximum atomic E-state index is 12.8. The van der Waals surface area contributed by atoms with Gasteiger partial charge in [0.15, 0.2) is 0 Å². The number of aromatic amines is 1. The van der Waals surface area contributed by atoms with Gasteiger partial charge in [0.1, 0.15) is 5.69 Å². The largest absolute Gasteiger partial charge is 0.450 e. The lowest BCUT2D eigenvalue weighted by atomic mass is 10.1. The average Bonchev–Trinajstić information content (AvgIpc) is 2.93. The summed E-state index contributed by atoms with van der Waals surface area (Å²) in [6.45, 7) is 1.93. The summed E-state index contributed by atoms with van der Waals surface area (Å²) in [5.74, 6) is 0. The fraction of sp³-hybridized carbons (Fsp3) is 0.111. The van der Waals surface area contributed by atoms with Crippen molar-refractivity contribution >= 4 is 11.8 Å². The second-order valence-electron chi connectivity index (χ2n) is 5.05. The quantitative estimate of drug-likeness (QED) is 0.772. The normalized spacial score (nSPS) is 10.4. The zero-order valence-corrected chi connectivity index (χ0v) is 13.2. The van der Waals surface area contributed by atoms with Crippen molar-refractivity contribution in [1.29, 1.82) is 0 Å². The first kappa shape index (κ1) is 15.6. The van der Waals surface area contributed by atoms with Gasteiger partial charge in [0.05, 0.1) is 18.0 Å². The Morgan fingerprint density at radius 1 is 1.08 bits per heavy atom. The molecule has 2 aromatic carbocycles. The molecule has 1 aromatic heterocycles. The molecule has 0 bridgehead atoms. The van der Waals surface area contributed by atoms with Crippen molar-refractivity contribution in [1.82, 2.24) is 9.78 Å². The maximum Gasteiger partial charge on any atom is 0.411 e. The summed E-state index contributed by atoms with van der Waals surface area (Å²) >= 11 is 0. The summed E-state index contributed by atoms with van der Waals surface area (Å²) in [5.41, 5.74) is 1.79. The molecule has 0 spiro atoms. The third-order valence-electron chi connectivity index (χ3n) is 3.47. The Bertz CT molecular complexity index is 883. The summed E-state index contributed by atoms with van der Waals surface area (Å²) in [6, 6.07) is 18.5. The molecular formula is C18H17N3O3. The molecule has 0 radical (unpaired) electrons. The Kier molecular flexibility index (Phi) is 4.47. The van der Waals surface area contributed by atoms with Gasteiger partial charge in [0.2, 0.25) is 0 Å². The number of H-pyrrole nitrogens is 1. The topological polar surface area (TPSA) is 76.1 Å². The summed E-state index contributed by atoms with van der Waals surface area (Å²) in [5, 5.41) is 5.61. The van der Waals surface area contributed by atoms with Crippen molar-refractivity contribution in [3.63, 3.8) is 0 Å². The first-order valence-electron chi connectivity index (χ1n) is 7.60. The van der Waals surface area contributed by atoms with Crippen LogP contribution < -0.4 is 10.9 Å². The lowest BCUT2D eigenvalue weighted by Crippen LogP contribution is -2.21. The molecule has 0 atom stereocenters. The van der Waals surface area contributed by atoms with Crippen molar-refractivity contribution in [3.05, 3.63) is 71.0 Å². The minimum atomic E-state index is -0.661. The van der Waals surface area contributed by atoms with Gasteiger partial charge < -0.3 is 4.74 Å². The molecule has 6 nitrogen and oxygen atoms in total. The molecule has 0 unspecified atom stereocenters. The number of aromatic nitrogens is 2. The van der Waals surface area contributed by atoms with Crippen molar-refractivity contribution in [2.75, 3.05) is 11.9 Å². The minimum Gasteiger partial charge on any atom is -0.450 e. The zero-order chi connectivity index (χ0) is 16.9. The summed E-state index contributed by atoms with van der Waals surface area (Å²) < 4.78 is 6.29. The van der Waals surface area contributed by atoms with Gasteiger partial charge in [0, 0.05) is 5.56 Å². The number of hydrogen-bond donors (Lipinski definition) is 2. The monoisotopic (exact) mass is 323 g/mol. The standard InChI is InChI=1S/C18H17N3O3/c1-2-24-18(23)19-16-15(13-9-5-3-6-10-13)20-21(17(16)22)14-11-7-4-8-12-14/h3-12,20H,2H2,1H3,(H,19,23). The van der Waals surface area contributed by atoms with Crippen molar-refractivity contribution in [2.45, 2.75) is 6.92 Å². The number of carbonyl (C=O) groups is 1. The molecule has 0 aliphatic rings. The Morgan fingerprint density at radius 2 is 1.71 bits per heavy atom. The predicted molar refractivity (Wildman–Crippen MR) is 92.5 cm³/mol. The van der Waals surface area contributed by atoms with E-state index >= 15 is 0 Å². The molecule has 2 N–H and O–H groups in total. The number of benzene rings is 2. The molecule has 0 aliphatic carbocycles. The van der Waals surface area contributed by atoms with Crippen LogP contribution in [0.3, 0.4) is 0 Å². The number of amides is 1. The van der Waals surface area contributed by atoms with Gasteiger partial charge in [-0.2, -0.15) is 0 Å². The van der Waals surface area contributed by atoms with E-state index in [-0.39, 0.29) is 17.9 Å². The number of rotatable bonds is 4. The minimum absolute atomic E-state index is 0.156. The van der Waals surface area contributed by atoms with Crippen LogP contribution in [-0.4, -0.2) is 22.5 Å². The Morgan fingerprint density at radius 3 is 2.33 bits per heavy atom. The number of ether oxygens (including phenoxy) is 1. The van der Waals surface area contributed by atoms with Crippen LogP contribution in [0.5, 0.6) is 0 Å². The van der Waals surface area contributed by atoms with E-state index in [1.807, 2.05) is 48.5 Å². The summed E-state index contributed by atoms with van der Waals surface area (Å²) in [7, 11) is 0. The third kappa shape index (κ3) is 3.08. The smallest absolute Gasteiger partial charge is 0.411 e. The highest BCUT2D eigenvalue weighted by molar-refractivity contribution is 5.90. The van der Waals surface area contributed by atoms with Gasteiger partial charge in [-0.25, -0.2) is 9.48 Å². The number of carbonyl (C=O) groups excluding carboxylic acids is 1. The van der Waals surface area contributed by atoms with Crippen LogP contribution in [0.2, 0.25) is 0 Å². The summed E-state index contributed by atoms with van der Waals surface area (Å²) in [6.07, 6.45) is -0.661. The predicted octanol–water partition coefficient (Wildman–Crippen LogP) is 3.40. The molecule has 0 aliphatic heterocycles. The molecule has 0 saturated carbocycles. The summed E-state index contributed by atoms with van der Waals surface area (Å²) in [4.78, 5) is 24.6. The fourth-order valence-electron chi connectivity index (χ4n) is 2.39. The first-order chi connectivity index (χ1) is 11.7. The van der Waals surface area contributed by atoms with E-state index in [4.69, 9.17) is 4.74 Å². The van der Waals surface area contributed by atoms with Gasteiger partial charge in [-0.1, -0.05) is 48.5 Å². The molecule has 3 rings (SSSR count). The Balaban J connectivity index is 2.13. The molecule has 1 heterocycles. The highest BCUT2D eigenvalue weighted by atomic mass is 16.5. The molecule has 6 heteroatoms. The van der Waals surface area contributed by atoms with E-state index in [1.165, 1.54) is 4.68 Å². The van der Waals surface area contributed by atoms with Crippen LogP contribution >= 0.6 is 0 Å². The SMILES string of the molecule is CCOC(=O)Nc1c(-c2ccccc2)[nH]n(-c2ccccc2)c1=O. The molecule has 24 heavy (non-hydrogen) atoms. The zero-order valence-electron chi connectivity index (χ0n) is 13.2. The Labute approximate surface area is 138 Å². The van der Waals surface area contributed by atoms with Crippen LogP contribution in [0.25, 0.3) is 16.9 Å². The van der Waals surface area contributed by atoms with Crippen molar-refractivity contribution < 1.29 is 9.53 Å². The van der Waals surface area contributed by atoms with E-state index < -0.39 is 6.09 Å². The van der Waals surface area contributed by atoms with Crippen molar-refractivity contribution in [3.8, 4) is 16.9 Å². The average molecular weight is 323 g/mol. The lowest BCUT2D eigenvalue weighted by molar-refractivity contribution is 0.168. The van der Waals surface area contributed by atoms with Crippen molar-refractivity contribution in [2.24, 2.45) is 0 Å². The third-order valence-corrected chi connectivity index (χ3v) is 3.47. The highest BCUT2D eigenvalue weighted by Gasteiger charge is 2.19. The van der Waals surface area contributed by atoms with E-state index in [1.54, 1.807) is 19.1 Å². The molecule has 0 fully saturated rings. The van der Waals surface area contributed by atoms with Crippen LogP contribution in [0, 0.1) is 0 Å². The Hall–Kier alpha value is -3.28. The maximum absolute atomic E-state index is 12.8. The number of nitrogens with one attached hydrogen (secondary N) is 2. The van der Waals surface area contributed by atoms with E-state index in [0.29, 0.717) is 11.4 Å². The number of anilines is 1. The molecule has 1 amide bonds. The highest BCUT2D eigenvalue weighted by Crippen LogP contribution is 2.24. The van der Waals surface area contributed by atoms with E-state index in [0.717, 1.165) is 5.56 Å². The number of hydrogen-bond acceptors (Lipinski definition) is 3. The van der Waals surface area contributed by atoms with E-state index in [9.17, 15) is 9.59 Å². The van der Waals surface area contributed by atoms with Gasteiger partial charge in [-0.3, -0.25) is 15.2 Å².